The van der Waals surface area contributed by atoms with Crippen LogP contribution < -0.4 is 16.6 Å². The number of furan rings is 1. The number of nitrogens with two attached hydrogens (primary N) is 2. The second kappa shape index (κ2) is 5.77. The predicted molar refractivity (Wildman–Crippen MR) is 76.1 cm³/mol. The second-order valence-electron chi connectivity index (χ2n) is 3.64. The first kappa shape index (κ1) is 13.5. The number of nitrogens with zero attached hydrogens (tertiary/aromatic N) is 1. The second-order valence-corrected chi connectivity index (χ2v) is 4.48. The Morgan fingerprint density at radius 1 is 1.21 bits per heavy atom. The van der Waals surface area contributed by atoms with Gasteiger partial charge >= 0.3 is 0 Å². The summed E-state index contributed by atoms with van der Waals surface area (Å²) in [5, 5.41) is 7.29. The fraction of sp³-hybridized carbons (Fsp3) is 0. The monoisotopic (exact) mass is 297 g/mol. The molecule has 0 aliphatic heterocycles. The molecule has 2 rings (SSSR count). The van der Waals surface area contributed by atoms with Crippen LogP contribution in [-0.4, -0.2) is 12.2 Å². The smallest absolute Gasteiger partial charge is 0.256 e. The van der Waals surface area contributed by atoms with Gasteiger partial charge in [-0.25, -0.2) is 0 Å². The molecule has 0 aliphatic rings. The molecule has 0 fully saturated rings. The molecule has 7 heteroatoms. The maximum atomic E-state index is 6.09. The van der Waals surface area contributed by atoms with Crippen molar-refractivity contribution in [1.82, 2.24) is 0 Å². The minimum Gasteiger partial charge on any atom is -0.450 e. The van der Waals surface area contributed by atoms with Crippen LogP contribution in [0.15, 0.2) is 39.9 Å². The molecule has 0 spiro atoms. The zero-order chi connectivity index (χ0) is 13.8. The van der Waals surface area contributed by atoms with Crippen molar-refractivity contribution in [3.63, 3.8) is 0 Å². The van der Waals surface area contributed by atoms with Gasteiger partial charge in [-0.2, -0.15) is 0 Å². The molecule has 0 radical (unpaired) electrons. The quantitative estimate of drug-likeness (QED) is 0.447. The van der Waals surface area contributed by atoms with Crippen LogP contribution in [0.25, 0.3) is 11.3 Å². The third-order valence-electron chi connectivity index (χ3n) is 2.22. The number of hydrogen-bond donors (Lipinski definition) is 3. The highest BCUT2D eigenvalue weighted by Crippen LogP contribution is 2.31. The Morgan fingerprint density at radius 2 is 2.00 bits per heavy atom. The van der Waals surface area contributed by atoms with E-state index in [2.05, 4.69) is 10.2 Å². The summed E-state index contributed by atoms with van der Waals surface area (Å²) >= 11 is 12.0. The molecule has 0 bridgehead atoms. The van der Waals surface area contributed by atoms with Crippen LogP contribution in [0.3, 0.4) is 0 Å². The van der Waals surface area contributed by atoms with Gasteiger partial charge in [-0.05, 0) is 30.3 Å². The van der Waals surface area contributed by atoms with Crippen LogP contribution in [0.5, 0.6) is 0 Å². The van der Waals surface area contributed by atoms with Crippen molar-refractivity contribution in [2.75, 3.05) is 0 Å². The van der Waals surface area contributed by atoms with E-state index in [1.807, 2.05) is 0 Å². The lowest BCUT2D eigenvalue weighted by molar-refractivity contribution is -0.457. The molecule has 1 aromatic heterocycles. The number of hydrazone groups is 1. The number of benzene rings is 1. The van der Waals surface area contributed by atoms with Gasteiger partial charge in [0.2, 0.25) is 6.21 Å². The predicted octanol–water partition coefficient (Wildman–Crippen LogP) is 0.941. The minimum atomic E-state index is -0.0686. The van der Waals surface area contributed by atoms with E-state index in [4.69, 9.17) is 39.1 Å². The van der Waals surface area contributed by atoms with Crippen molar-refractivity contribution < 1.29 is 9.52 Å². The lowest BCUT2D eigenvalue weighted by atomic mass is 10.2. The highest BCUT2D eigenvalue weighted by molar-refractivity contribution is 6.35. The maximum absolute atomic E-state index is 6.09. The largest absolute Gasteiger partial charge is 0.450 e. The van der Waals surface area contributed by atoms with Crippen LogP contribution in [-0.2, 0) is 0 Å². The molecular weight excluding hydrogens is 287 g/mol. The molecule has 0 amide bonds. The van der Waals surface area contributed by atoms with E-state index in [1.54, 1.807) is 30.3 Å². The third-order valence-corrected chi connectivity index (χ3v) is 2.79. The fourth-order valence-corrected chi connectivity index (χ4v) is 1.81. The van der Waals surface area contributed by atoms with Crippen molar-refractivity contribution in [3.05, 3.63) is 46.1 Å². The molecule has 0 atom stereocenters. The average molecular weight is 298 g/mol. The van der Waals surface area contributed by atoms with Crippen LogP contribution in [0.4, 0.5) is 0 Å². The van der Waals surface area contributed by atoms with Crippen LogP contribution in [0, 0.1) is 0 Å². The molecular formula is C12H11Cl2N4O+. The lowest BCUT2D eigenvalue weighted by Crippen LogP contribution is -2.63. The number of hydrogen-bond acceptors (Lipinski definition) is 2. The van der Waals surface area contributed by atoms with Gasteiger partial charge in [0.15, 0.2) is 5.76 Å². The molecule has 1 aromatic carbocycles. The van der Waals surface area contributed by atoms with Crippen LogP contribution in [0.1, 0.15) is 5.76 Å². The Balaban J connectivity index is 2.28. The van der Waals surface area contributed by atoms with E-state index in [1.165, 1.54) is 6.21 Å². The highest BCUT2D eigenvalue weighted by Gasteiger charge is 2.09. The van der Waals surface area contributed by atoms with Gasteiger partial charge in [-0.3, -0.25) is 0 Å². The van der Waals surface area contributed by atoms with Crippen LogP contribution in [0.2, 0.25) is 10.0 Å². The molecule has 1 heterocycles. The van der Waals surface area contributed by atoms with Crippen molar-refractivity contribution in [2.24, 2.45) is 16.6 Å². The summed E-state index contributed by atoms with van der Waals surface area (Å²) < 4.78 is 5.58. The molecule has 5 nitrogen and oxygen atoms in total. The Hall–Kier alpha value is -1.98. The van der Waals surface area contributed by atoms with Gasteiger partial charge in [0.25, 0.3) is 5.96 Å². The molecule has 19 heavy (non-hydrogen) atoms. The van der Waals surface area contributed by atoms with Crippen molar-refractivity contribution >= 4 is 35.4 Å². The topological polar surface area (TPSA) is 91.5 Å². The van der Waals surface area contributed by atoms with Gasteiger partial charge in [0.1, 0.15) is 5.76 Å². The number of rotatable bonds is 3. The Labute approximate surface area is 119 Å². The number of halogens is 2. The van der Waals surface area contributed by atoms with Gasteiger partial charge in [0, 0.05) is 15.7 Å². The summed E-state index contributed by atoms with van der Waals surface area (Å²) in [6.07, 6.45) is 1.52. The van der Waals surface area contributed by atoms with E-state index in [0.717, 1.165) is 5.56 Å². The summed E-state index contributed by atoms with van der Waals surface area (Å²) in [5.41, 5.74) is 11.1. The summed E-state index contributed by atoms with van der Waals surface area (Å²) in [7, 11) is 0. The van der Waals surface area contributed by atoms with E-state index in [-0.39, 0.29) is 5.96 Å². The van der Waals surface area contributed by atoms with Crippen molar-refractivity contribution in [2.45, 2.75) is 0 Å². The molecule has 0 unspecified atom stereocenters. The first-order valence-corrected chi connectivity index (χ1v) is 6.04. The third kappa shape index (κ3) is 3.49. The lowest BCUT2D eigenvalue weighted by Gasteiger charge is -2.00. The van der Waals surface area contributed by atoms with E-state index >= 15 is 0 Å². The fourth-order valence-electron chi connectivity index (χ4n) is 1.43. The summed E-state index contributed by atoms with van der Waals surface area (Å²) in [6, 6.07) is 8.69. The molecule has 0 aliphatic carbocycles. The van der Waals surface area contributed by atoms with Gasteiger partial charge in [-0.15, -0.1) is 0 Å². The van der Waals surface area contributed by atoms with Crippen molar-refractivity contribution in [3.8, 4) is 11.3 Å². The van der Waals surface area contributed by atoms with E-state index in [0.29, 0.717) is 21.6 Å². The Bertz CT molecular complexity index is 645. The first-order valence-electron chi connectivity index (χ1n) is 5.29. The molecule has 0 saturated heterocycles. The normalized spacial score (nSPS) is 10.8. The SMILES string of the molecule is NC(N)=N/[NH+]=C\c1ccc(-c2cc(Cl)ccc2Cl)o1. The minimum absolute atomic E-state index is 0.0686. The summed E-state index contributed by atoms with van der Waals surface area (Å²) in [4.78, 5) is 0. The standard InChI is InChI=1S/C12H10Cl2N4O/c13-7-1-3-10(14)9(5-7)11-4-2-8(19-11)6-17-18-12(15)16/h1-6H,(H4,15,16,18)/p+1/b17-6-. The van der Waals surface area contributed by atoms with E-state index in [9.17, 15) is 0 Å². The molecule has 0 saturated carbocycles. The van der Waals surface area contributed by atoms with Crippen molar-refractivity contribution in [1.29, 1.82) is 0 Å². The maximum Gasteiger partial charge on any atom is 0.256 e. The van der Waals surface area contributed by atoms with E-state index < -0.39 is 0 Å². The highest BCUT2D eigenvalue weighted by atomic mass is 35.5. The molecule has 98 valence electrons. The number of guanidine groups is 1. The summed E-state index contributed by atoms with van der Waals surface area (Å²) in [6.45, 7) is 0. The van der Waals surface area contributed by atoms with Gasteiger partial charge in [-0.1, -0.05) is 28.3 Å². The zero-order valence-electron chi connectivity index (χ0n) is 9.73. The van der Waals surface area contributed by atoms with Gasteiger partial charge < -0.3 is 15.9 Å². The Kier molecular flexibility index (Phi) is 4.09. The number of nitrogens with one attached hydrogen (secondary N) is 1. The molecule has 5 N–H and O–H groups in total. The zero-order valence-corrected chi connectivity index (χ0v) is 11.2. The first-order chi connectivity index (χ1) is 9.06. The Morgan fingerprint density at radius 3 is 2.74 bits per heavy atom. The summed E-state index contributed by atoms with van der Waals surface area (Å²) in [5.74, 6) is 1.09. The van der Waals surface area contributed by atoms with Crippen LogP contribution >= 0.6 is 23.2 Å². The average Bonchev–Trinajstić information content (AvgIpc) is 2.80. The van der Waals surface area contributed by atoms with Gasteiger partial charge in [0.05, 0.1) is 5.02 Å². The molecule has 2 aromatic rings.